The summed E-state index contributed by atoms with van der Waals surface area (Å²) in [4.78, 5) is 6.88. The van der Waals surface area contributed by atoms with Gasteiger partial charge in [0.1, 0.15) is 5.82 Å². The Balaban J connectivity index is 2.20. The summed E-state index contributed by atoms with van der Waals surface area (Å²) in [6.07, 6.45) is 5.48. The highest BCUT2D eigenvalue weighted by Crippen LogP contribution is 2.35. The van der Waals surface area contributed by atoms with Crippen molar-refractivity contribution in [2.45, 2.75) is 32.2 Å². The van der Waals surface area contributed by atoms with Crippen LogP contribution in [0.15, 0.2) is 16.7 Å². The van der Waals surface area contributed by atoms with Crippen LogP contribution >= 0.6 is 15.9 Å². The third kappa shape index (κ3) is 2.55. The zero-order valence-electron chi connectivity index (χ0n) is 9.62. The van der Waals surface area contributed by atoms with E-state index in [1.807, 2.05) is 12.3 Å². The molecule has 0 amide bonds. The molecule has 0 aromatic carbocycles. The number of aromatic nitrogens is 1. The van der Waals surface area contributed by atoms with E-state index in [4.69, 9.17) is 5.73 Å². The molecule has 0 radical (unpaired) electrons. The van der Waals surface area contributed by atoms with Crippen LogP contribution in [0.5, 0.6) is 0 Å². The van der Waals surface area contributed by atoms with Crippen LogP contribution in [0.4, 0.5) is 5.82 Å². The fraction of sp³-hybridized carbons (Fsp3) is 0.583. The average Bonchev–Trinajstić information content (AvgIpc) is 3.08. The Labute approximate surface area is 105 Å². The van der Waals surface area contributed by atoms with Crippen LogP contribution in [0, 0.1) is 6.92 Å². The number of anilines is 1. The largest absolute Gasteiger partial charge is 0.353 e. The molecule has 1 aromatic rings. The van der Waals surface area contributed by atoms with E-state index in [-0.39, 0.29) is 0 Å². The van der Waals surface area contributed by atoms with Crippen molar-refractivity contribution in [1.29, 1.82) is 0 Å². The maximum absolute atomic E-state index is 5.58. The molecule has 0 unspecified atom stereocenters. The number of aryl methyl sites for hydroxylation is 1. The van der Waals surface area contributed by atoms with Gasteiger partial charge in [-0.2, -0.15) is 0 Å². The van der Waals surface area contributed by atoms with Gasteiger partial charge >= 0.3 is 0 Å². The Bertz CT molecular complexity index is 363. The predicted molar refractivity (Wildman–Crippen MR) is 70.7 cm³/mol. The van der Waals surface area contributed by atoms with E-state index in [1.165, 1.54) is 18.4 Å². The second-order valence-corrected chi connectivity index (χ2v) is 5.13. The first-order valence-corrected chi connectivity index (χ1v) is 6.61. The number of halogens is 1. The zero-order chi connectivity index (χ0) is 11.5. The summed E-state index contributed by atoms with van der Waals surface area (Å²) in [5, 5.41) is 0. The van der Waals surface area contributed by atoms with E-state index >= 15 is 0 Å². The molecule has 0 atom stereocenters. The molecule has 1 fully saturated rings. The van der Waals surface area contributed by atoms with Crippen molar-refractivity contribution < 1.29 is 0 Å². The molecule has 1 aliphatic carbocycles. The second kappa shape index (κ2) is 5.15. The van der Waals surface area contributed by atoms with Crippen molar-refractivity contribution in [3.8, 4) is 0 Å². The lowest BCUT2D eigenvalue weighted by atomic mass is 10.2. The van der Waals surface area contributed by atoms with E-state index in [2.05, 4.69) is 32.7 Å². The van der Waals surface area contributed by atoms with Gasteiger partial charge in [-0.3, -0.25) is 0 Å². The molecule has 3 nitrogen and oxygen atoms in total. The second-order valence-electron chi connectivity index (χ2n) is 4.33. The zero-order valence-corrected chi connectivity index (χ0v) is 11.2. The fourth-order valence-electron chi connectivity index (χ4n) is 1.84. The Morgan fingerprint density at radius 1 is 1.56 bits per heavy atom. The molecule has 0 saturated heterocycles. The molecule has 2 N–H and O–H groups in total. The molecule has 1 heterocycles. The van der Waals surface area contributed by atoms with Gasteiger partial charge < -0.3 is 10.6 Å². The number of nitrogens with two attached hydrogens (primary N) is 1. The van der Waals surface area contributed by atoms with Gasteiger partial charge in [-0.05, 0) is 60.3 Å². The molecule has 4 heteroatoms. The van der Waals surface area contributed by atoms with Crippen molar-refractivity contribution in [3.63, 3.8) is 0 Å². The van der Waals surface area contributed by atoms with Crippen molar-refractivity contribution in [2.75, 3.05) is 18.0 Å². The van der Waals surface area contributed by atoms with Gasteiger partial charge in [0.25, 0.3) is 0 Å². The normalized spacial score (nSPS) is 15.2. The Kier molecular flexibility index (Phi) is 3.82. The summed E-state index contributed by atoms with van der Waals surface area (Å²) in [5.41, 5.74) is 6.82. The monoisotopic (exact) mass is 283 g/mol. The molecule has 0 aliphatic heterocycles. The third-order valence-corrected chi connectivity index (χ3v) is 3.91. The maximum Gasteiger partial charge on any atom is 0.143 e. The highest BCUT2D eigenvalue weighted by atomic mass is 79.9. The molecule has 1 aliphatic rings. The standard InChI is InChI=1S/C12H18BrN3/c1-9-5-7-15-12(11(9)13)16(8-2-6-14)10-3-4-10/h5,7,10H,2-4,6,8,14H2,1H3. The topological polar surface area (TPSA) is 42.2 Å². The van der Waals surface area contributed by atoms with Gasteiger partial charge in [0.2, 0.25) is 0 Å². The minimum atomic E-state index is 0.678. The lowest BCUT2D eigenvalue weighted by Gasteiger charge is -2.24. The summed E-state index contributed by atoms with van der Waals surface area (Å²) in [6, 6.07) is 2.71. The molecule has 2 rings (SSSR count). The number of rotatable bonds is 5. The Morgan fingerprint density at radius 3 is 2.94 bits per heavy atom. The molecule has 16 heavy (non-hydrogen) atoms. The number of hydrogen-bond donors (Lipinski definition) is 1. The first-order valence-electron chi connectivity index (χ1n) is 5.82. The van der Waals surface area contributed by atoms with E-state index < -0.39 is 0 Å². The average molecular weight is 284 g/mol. The van der Waals surface area contributed by atoms with Crippen LogP contribution in [0.2, 0.25) is 0 Å². The lowest BCUT2D eigenvalue weighted by Crippen LogP contribution is -2.29. The lowest BCUT2D eigenvalue weighted by molar-refractivity contribution is 0.720. The molecule has 1 aromatic heterocycles. The molecule has 88 valence electrons. The van der Waals surface area contributed by atoms with Crippen LogP contribution in [0.3, 0.4) is 0 Å². The quantitative estimate of drug-likeness (QED) is 0.903. The first kappa shape index (κ1) is 11.9. The molecule has 0 spiro atoms. The van der Waals surface area contributed by atoms with E-state index in [0.29, 0.717) is 6.04 Å². The number of pyridine rings is 1. The van der Waals surface area contributed by atoms with Gasteiger partial charge in [-0.1, -0.05) is 0 Å². The van der Waals surface area contributed by atoms with Gasteiger partial charge in [-0.25, -0.2) is 4.98 Å². The smallest absolute Gasteiger partial charge is 0.143 e. The maximum atomic E-state index is 5.58. The highest BCUT2D eigenvalue weighted by molar-refractivity contribution is 9.10. The summed E-state index contributed by atoms with van der Waals surface area (Å²) in [5.74, 6) is 1.08. The third-order valence-electron chi connectivity index (χ3n) is 2.93. The van der Waals surface area contributed by atoms with Crippen LogP contribution in [0.1, 0.15) is 24.8 Å². The highest BCUT2D eigenvalue weighted by Gasteiger charge is 2.30. The minimum Gasteiger partial charge on any atom is -0.353 e. The van der Waals surface area contributed by atoms with Crippen molar-refractivity contribution in [1.82, 2.24) is 4.98 Å². The van der Waals surface area contributed by atoms with Gasteiger partial charge in [-0.15, -0.1) is 0 Å². The van der Waals surface area contributed by atoms with Crippen molar-refractivity contribution >= 4 is 21.7 Å². The Hall–Kier alpha value is -0.610. The molecule has 1 saturated carbocycles. The van der Waals surface area contributed by atoms with Crippen molar-refractivity contribution in [3.05, 3.63) is 22.3 Å². The van der Waals surface area contributed by atoms with Crippen LogP contribution in [-0.4, -0.2) is 24.1 Å². The van der Waals surface area contributed by atoms with E-state index in [0.717, 1.165) is 29.8 Å². The minimum absolute atomic E-state index is 0.678. The van der Waals surface area contributed by atoms with E-state index in [9.17, 15) is 0 Å². The number of nitrogens with zero attached hydrogens (tertiary/aromatic N) is 2. The molecular formula is C12H18BrN3. The van der Waals surface area contributed by atoms with Crippen LogP contribution in [-0.2, 0) is 0 Å². The summed E-state index contributed by atoms with van der Waals surface area (Å²) in [7, 11) is 0. The van der Waals surface area contributed by atoms with Crippen LogP contribution < -0.4 is 10.6 Å². The first-order chi connectivity index (χ1) is 7.74. The summed E-state index contributed by atoms with van der Waals surface area (Å²) in [6.45, 7) is 3.85. The fourth-order valence-corrected chi connectivity index (χ4v) is 2.30. The van der Waals surface area contributed by atoms with Gasteiger partial charge in [0.05, 0.1) is 4.47 Å². The number of hydrogen-bond acceptors (Lipinski definition) is 3. The molecular weight excluding hydrogens is 266 g/mol. The predicted octanol–water partition coefficient (Wildman–Crippen LogP) is 2.47. The van der Waals surface area contributed by atoms with Crippen molar-refractivity contribution in [2.24, 2.45) is 5.73 Å². The SMILES string of the molecule is Cc1ccnc(N(CCCN)C2CC2)c1Br. The summed E-state index contributed by atoms with van der Waals surface area (Å²) >= 11 is 3.63. The van der Waals surface area contributed by atoms with Crippen LogP contribution in [0.25, 0.3) is 0 Å². The molecule has 0 bridgehead atoms. The summed E-state index contributed by atoms with van der Waals surface area (Å²) < 4.78 is 1.12. The van der Waals surface area contributed by atoms with E-state index in [1.54, 1.807) is 0 Å². The van der Waals surface area contributed by atoms with Gasteiger partial charge in [0, 0.05) is 18.8 Å². The van der Waals surface area contributed by atoms with Gasteiger partial charge in [0.15, 0.2) is 0 Å². The Morgan fingerprint density at radius 2 is 2.31 bits per heavy atom.